The Bertz CT molecular complexity index is 831. The zero-order valence-electron chi connectivity index (χ0n) is 10.6. The number of fused-ring (bicyclic) bond motifs is 1. The van der Waals surface area contributed by atoms with Crippen LogP contribution in [-0.2, 0) is 6.54 Å². The highest BCUT2D eigenvalue weighted by Crippen LogP contribution is 2.28. The zero-order chi connectivity index (χ0) is 15.9. The van der Waals surface area contributed by atoms with E-state index in [0.29, 0.717) is 11.3 Å². The third kappa shape index (κ3) is 2.84. The Morgan fingerprint density at radius 2 is 2.00 bits per heavy atom. The van der Waals surface area contributed by atoms with Gasteiger partial charge < -0.3 is 5.11 Å². The molecule has 0 aliphatic heterocycles. The van der Waals surface area contributed by atoms with Crippen molar-refractivity contribution in [3.63, 3.8) is 0 Å². The van der Waals surface area contributed by atoms with Gasteiger partial charge in [0.2, 0.25) is 0 Å². The van der Waals surface area contributed by atoms with E-state index >= 15 is 0 Å². The van der Waals surface area contributed by atoms with Crippen LogP contribution in [0.4, 0.5) is 13.2 Å². The molecule has 0 bridgehead atoms. The molecule has 6 nitrogen and oxygen atoms in total. The van der Waals surface area contributed by atoms with Crippen LogP contribution in [0.3, 0.4) is 0 Å². The predicted octanol–water partition coefficient (Wildman–Crippen LogP) is 1.71. The number of halogens is 3. The number of carboxylic acids is 1. The van der Waals surface area contributed by atoms with E-state index in [2.05, 4.69) is 0 Å². The number of aryl methyl sites for hydroxylation is 2. The van der Waals surface area contributed by atoms with Gasteiger partial charge >= 0.3 is 17.8 Å². The molecule has 21 heavy (non-hydrogen) atoms. The SMILES string of the molecule is Cc1c(C(=O)O)sc2c1c(=O)[nH]c(=O)n2CCC(F)(F)F. The molecule has 0 aromatic carbocycles. The van der Waals surface area contributed by atoms with Crippen LogP contribution >= 0.6 is 11.3 Å². The summed E-state index contributed by atoms with van der Waals surface area (Å²) in [4.78, 5) is 36.1. The van der Waals surface area contributed by atoms with Crippen LogP contribution in [0.25, 0.3) is 10.2 Å². The summed E-state index contributed by atoms with van der Waals surface area (Å²) < 4.78 is 37.6. The van der Waals surface area contributed by atoms with Gasteiger partial charge in [-0.05, 0) is 12.5 Å². The second-order valence-corrected chi connectivity index (χ2v) is 5.32. The summed E-state index contributed by atoms with van der Waals surface area (Å²) in [6.45, 7) is 0.685. The molecular weight excluding hydrogens is 313 g/mol. The summed E-state index contributed by atoms with van der Waals surface area (Å²) in [7, 11) is 0. The lowest BCUT2D eigenvalue weighted by Crippen LogP contribution is -2.31. The summed E-state index contributed by atoms with van der Waals surface area (Å²) >= 11 is 0.614. The van der Waals surface area contributed by atoms with Gasteiger partial charge in [-0.3, -0.25) is 14.3 Å². The highest BCUT2D eigenvalue weighted by atomic mass is 32.1. The average Bonchev–Trinajstić information content (AvgIpc) is 2.65. The zero-order valence-corrected chi connectivity index (χ0v) is 11.4. The van der Waals surface area contributed by atoms with Crippen LogP contribution in [0, 0.1) is 6.92 Å². The molecule has 0 fully saturated rings. The maximum absolute atomic E-state index is 12.3. The molecule has 0 unspecified atom stereocenters. The van der Waals surface area contributed by atoms with Gasteiger partial charge in [-0.25, -0.2) is 9.59 Å². The van der Waals surface area contributed by atoms with Crippen LogP contribution in [0.5, 0.6) is 0 Å². The maximum Gasteiger partial charge on any atom is 0.390 e. The number of thiophene rings is 1. The third-order valence-electron chi connectivity index (χ3n) is 2.88. The number of nitrogens with zero attached hydrogens (tertiary/aromatic N) is 1. The Balaban J connectivity index is 2.71. The second-order valence-electron chi connectivity index (χ2n) is 4.32. The molecule has 0 saturated heterocycles. The Kier molecular flexibility index (Phi) is 3.66. The molecule has 0 atom stereocenters. The van der Waals surface area contributed by atoms with Gasteiger partial charge in [-0.2, -0.15) is 13.2 Å². The lowest BCUT2D eigenvalue weighted by Gasteiger charge is -2.09. The second kappa shape index (κ2) is 5.02. The Labute approximate surface area is 118 Å². The Morgan fingerprint density at radius 3 is 2.52 bits per heavy atom. The number of aromatic carboxylic acids is 1. The molecule has 0 saturated carbocycles. The number of rotatable bonds is 3. The van der Waals surface area contributed by atoms with Crippen molar-refractivity contribution in [3.05, 3.63) is 31.3 Å². The van der Waals surface area contributed by atoms with Crippen molar-refractivity contribution in [1.29, 1.82) is 0 Å². The number of carboxylic acid groups (broad SMARTS) is 1. The lowest BCUT2D eigenvalue weighted by atomic mass is 10.2. The smallest absolute Gasteiger partial charge is 0.390 e. The number of hydrogen-bond donors (Lipinski definition) is 2. The van der Waals surface area contributed by atoms with Crippen molar-refractivity contribution >= 4 is 27.5 Å². The Hall–Kier alpha value is -2.10. The fraction of sp³-hybridized carbons (Fsp3) is 0.364. The number of aromatic nitrogens is 2. The van der Waals surface area contributed by atoms with Gasteiger partial charge in [0.15, 0.2) is 0 Å². The van der Waals surface area contributed by atoms with Crippen molar-refractivity contribution in [1.82, 2.24) is 9.55 Å². The quantitative estimate of drug-likeness (QED) is 0.900. The first kappa shape index (κ1) is 15.3. The van der Waals surface area contributed by atoms with Crippen molar-refractivity contribution in [2.45, 2.75) is 26.1 Å². The van der Waals surface area contributed by atoms with Gasteiger partial charge in [0, 0.05) is 6.54 Å². The minimum absolute atomic E-state index is 0.0668. The largest absolute Gasteiger partial charge is 0.477 e. The number of alkyl halides is 3. The van der Waals surface area contributed by atoms with Gasteiger partial charge in [0.05, 0.1) is 11.8 Å². The van der Waals surface area contributed by atoms with Crippen molar-refractivity contribution in [2.24, 2.45) is 0 Å². The highest BCUT2D eigenvalue weighted by molar-refractivity contribution is 7.20. The molecule has 2 aromatic rings. The average molecular weight is 322 g/mol. The first-order chi connectivity index (χ1) is 9.61. The number of carbonyl (C=O) groups is 1. The van der Waals surface area contributed by atoms with Crippen LogP contribution in [0.15, 0.2) is 9.59 Å². The van der Waals surface area contributed by atoms with Gasteiger partial charge in [-0.15, -0.1) is 11.3 Å². The fourth-order valence-electron chi connectivity index (χ4n) is 1.92. The lowest BCUT2D eigenvalue weighted by molar-refractivity contribution is -0.136. The molecule has 114 valence electrons. The van der Waals surface area contributed by atoms with Crippen LogP contribution in [0.2, 0.25) is 0 Å². The first-order valence-electron chi connectivity index (χ1n) is 5.68. The molecule has 2 heterocycles. The summed E-state index contributed by atoms with van der Waals surface area (Å²) in [6.07, 6.45) is -5.72. The van der Waals surface area contributed by atoms with Gasteiger partial charge in [-0.1, -0.05) is 0 Å². The molecular formula is C11H9F3N2O4S. The molecule has 0 aliphatic rings. The fourth-order valence-corrected chi connectivity index (χ4v) is 3.09. The van der Waals surface area contributed by atoms with Crippen LogP contribution < -0.4 is 11.2 Å². The third-order valence-corrected chi connectivity index (χ3v) is 4.18. The molecule has 2 aromatic heterocycles. The van der Waals surface area contributed by atoms with Crippen LogP contribution in [-0.4, -0.2) is 26.8 Å². The number of aromatic amines is 1. The minimum Gasteiger partial charge on any atom is -0.477 e. The van der Waals surface area contributed by atoms with Crippen molar-refractivity contribution in [3.8, 4) is 0 Å². The van der Waals surface area contributed by atoms with Gasteiger partial charge in [0.1, 0.15) is 9.71 Å². The molecule has 0 amide bonds. The van der Waals surface area contributed by atoms with E-state index < -0.39 is 36.4 Å². The summed E-state index contributed by atoms with van der Waals surface area (Å²) in [5, 5.41) is 8.94. The van der Waals surface area contributed by atoms with Gasteiger partial charge in [0.25, 0.3) is 5.56 Å². The topological polar surface area (TPSA) is 92.2 Å². The van der Waals surface area contributed by atoms with E-state index in [0.717, 1.165) is 4.57 Å². The van der Waals surface area contributed by atoms with E-state index in [4.69, 9.17) is 5.11 Å². The standard InChI is InChI=1S/C11H9F3N2O4S/c1-4-5-7(17)15-10(20)16(3-2-11(12,13)14)8(5)21-6(4)9(18)19/h2-3H2,1H3,(H,18,19)(H,15,17,20). The molecule has 2 N–H and O–H groups in total. The summed E-state index contributed by atoms with van der Waals surface area (Å²) in [5.74, 6) is -1.30. The van der Waals surface area contributed by atoms with Crippen molar-refractivity contribution < 1.29 is 23.1 Å². The molecule has 0 radical (unpaired) electrons. The van der Waals surface area contributed by atoms with E-state index in [9.17, 15) is 27.6 Å². The molecule has 0 aliphatic carbocycles. The molecule has 0 spiro atoms. The summed E-state index contributed by atoms with van der Waals surface area (Å²) in [5.41, 5.74) is -1.67. The maximum atomic E-state index is 12.3. The number of hydrogen-bond acceptors (Lipinski definition) is 4. The van der Waals surface area contributed by atoms with Crippen molar-refractivity contribution in [2.75, 3.05) is 0 Å². The van der Waals surface area contributed by atoms with Crippen LogP contribution in [0.1, 0.15) is 21.7 Å². The first-order valence-corrected chi connectivity index (χ1v) is 6.49. The minimum atomic E-state index is -4.47. The van der Waals surface area contributed by atoms with E-state index in [1.807, 2.05) is 4.98 Å². The Morgan fingerprint density at radius 1 is 1.38 bits per heavy atom. The summed E-state index contributed by atoms with van der Waals surface area (Å²) in [6, 6.07) is 0. The number of nitrogens with one attached hydrogen (secondary N) is 1. The molecule has 2 rings (SSSR count). The predicted molar refractivity (Wildman–Crippen MR) is 69.1 cm³/mol. The van der Waals surface area contributed by atoms with E-state index in [-0.39, 0.29) is 20.7 Å². The molecule has 10 heteroatoms. The highest BCUT2D eigenvalue weighted by Gasteiger charge is 2.28. The monoisotopic (exact) mass is 322 g/mol. The number of H-pyrrole nitrogens is 1. The normalized spacial score (nSPS) is 12.0. The van der Waals surface area contributed by atoms with E-state index in [1.54, 1.807) is 0 Å². The van der Waals surface area contributed by atoms with E-state index in [1.165, 1.54) is 6.92 Å².